The molecule has 0 N–H and O–H groups in total. The molecule has 0 aliphatic rings. The van der Waals surface area contributed by atoms with Gasteiger partial charge in [-0.25, -0.2) is 9.97 Å². The van der Waals surface area contributed by atoms with Gasteiger partial charge in [0.1, 0.15) is 17.7 Å². The van der Waals surface area contributed by atoms with Crippen LogP contribution in [-0.4, -0.2) is 20.7 Å². The minimum atomic E-state index is 0.429. The smallest absolute Gasteiger partial charge is 0.170 e. The molecule has 0 unspecified atom stereocenters. The lowest BCUT2D eigenvalue weighted by Gasteiger charge is -1.85. The second-order valence-corrected chi connectivity index (χ2v) is 2.13. The van der Waals surface area contributed by atoms with Gasteiger partial charge in [0.15, 0.2) is 6.29 Å². The van der Waals surface area contributed by atoms with Gasteiger partial charge in [0.05, 0.1) is 0 Å². The first-order chi connectivity index (χ1) is 5.40. The monoisotopic (exact) mass is 147 g/mol. The Morgan fingerprint density at radius 1 is 1.55 bits per heavy atom. The highest BCUT2D eigenvalue weighted by Gasteiger charge is 1.96. The summed E-state index contributed by atoms with van der Waals surface area (Å²) in [5, 5.41) is 0. The highest BCUT2D eigenvalue weighted by molar-refractivity contribution is 5.72. The molecular weight excluding hydrogens is 142 g/mol. The van der Waals surface area contributed by atoms with Gasteiger partial charge in [-0.1, -0.05) is 0 Å². The Kier molecular flexibility index (Phi) is 1.18. The minimum absolute atomic E-state index is 0.429. The number of fused-ring (bicyclic) bond motifs is 1. The van der Waals surface area contributed by atoms with Gasteiger partial charge in [-0.3, -0.25) is 9.20 Å². The summed E-state index contributed by atoms with van der Waals surface area (Å²) in [6.45, 7) is 0. The molecule has 0 atom stereocenters. The molecule has 4 heteroatoms. The minimum Gasteiger partial charge on any atom is -0.296 e. The van der Waals surface area contributed by atoms with Gasteiger partial charge in [0, 0.05) is 12.4 Å². The summed E-state index contributed by atoms with van der Waals surface area (Å²) in [5.41, 5.74) is 1.17. The highest BCUT2D eigenvalue weighted by atomic mass is 16.1. The van der Waals surface area contributed by atoms with E-state index in [0.717, 1.165) is 5.65 Å². The fraction of sp³-hybridized carbons (Fsp3) is 0. The van der Waals surface area contributed by atoms with Gasteiger partial charge >= 0.3 is 0 Å². The van der Waals surface area contributed by atoms with Crippen molar-refractivity contribution in [3.63, 3.8) is 0 Å². The fourth-order valence-electron chi connectivity index (χ4n) is 0.920. The average molecular weight is 147 g/mol. The van der Waals surface area contributed by atoms with E-state index >= 15 is 0 Å². The lowest BCUT2D eigenvalue weighted by molar-refractivity contribution is 0.111. The molecule has 11 heavy (non-hydrogen) atoms. The summed E-state index contributed by atoms with van der Waals surface area (Å²) < 4.78 is 1.70. The van der Waals surface area contributed by atoms with Crippen molar-refractivity contribution in [1.29, 1.82) is 0 Å². The van der Waals surface area contributed by atoms with E-state index in [-0.39, 0.29) is 0 Å². The van der Waals surface area contributed by atoms with Crippen LogP contribution in [0.3, 0.4) is 0 Å². The zero-order valence-corrected chi connectivity index (χ0v) is 5.64. The van der Waals surface area contributed by atoms with E-state index in [9.17, 15) is 4.79 Å². The maximum Gasteiger partial charge on any atom is 0.170 e. The van der Waals surface area contributed by atoms with Gasteiger partial charge < -0.3 is 0 Å². The molecule has 0 fully saturated rings. The van der Waals surface area contributed by atoms with Crippen molar-refractivity contribution in [3.05, 3.63) is 30.5 Å². The van der Waals surface area contributed by atoms with Crippen molar-refractivity contribution >= 4 is 11.9 Å². The molecule has 2 rings (SSSR count). The van der Waals surface area contributed by atoms with Gasteiger partial charge in [0.25, 0.3) is 0 Å². The number of nitrogens with zero attached hydrogens (tertiary/aromatic N) is 3. The summed E-state index contributed by atoms with van der Waals surface area (Å²) in [6.07, 6.45) is 5.59. The molecule has 0 aliphatic carbocycles. The first-order valence-corrected chi connectivity index (χ1v) is 3.14. The number of carbonyl (C=O) groups is 1. The predicted octanol–water partition coefficient (Wildman–Crippen LogP) is 0.542. The SMILES string of the molecule is O=Cc1cn2cnccc2n1. The average Bonchev–Trinajstić information content (AvgIpc) is 2.46. The topological polar surface area (TPSA) is 47.3 Å². The van der Waals surface area contributed by atoms with E-state index in [0.29, 0.717) is 12.0 Å². The standard InChI is InChI=1S/C7H5N3O/c11-4-6-3-10-5-8-2-1-7(10)9-6/h1-5H. The number of hydrogen-bond donors (Lipinski definition) is 0. The second kappa shape index (κ2) is 2.16. The molecule has 0 aliphatic heterocycles. The van der Waals surface area contributed by atoms with Crippen LogP contribution in [0.25, 0.3) is 5.65 Å². The van der Waals surface area contributed by atoms with Crippen LogP contribution in [0, 0.1) is 0 Å². The van der Waals surface area contributed by atoms with Crippen LogP contribution >= 0.6 is 0 Å². The third-order valence-electron chi connectivity index (χ3n) is 1.40. The molecule has 0 saturated heterocycles. The molecule has 0 aromatic carbocycles. The van der Waals surface area contributed by atoms with Crippen LogP contribution in [0.15, 0.2) is 24.8 Å². The number of imidazole rings is 1. The lowest BCUT2D eigenvalue weighted by atomic mass is 10.5. The van der Waals surface area contributed by atoms with Crippen molar-refractivity contribution in [2.75, 3.05) is 0 Å². The molecule has 0 radical (unpaired) electrons. The Balaban J connectivity index is 2.78. The maximum atomic E-state index is 10.3. The maximum absolute atomic E-state index is 10.3. The zero-order chi connectivity index (χ0) is 7.68. The predicted molar refractivity (Wildman–Crippen MR) is 38.4 cm³/mol. The molecule has 4 nitrogen and oxygen atoms in total. The van der Waals surface area contributed by atoms with Crippen LogP contribution < -0.4 is 0 Å². The number of aromatic nitrogens is 3. The number of carbonyl (C=O) groups excluding carboxylic acids is 1. The van der Waals surface area contributed by atoms with E-state index in [1.165, 1.54) is 0 Å². The Morgan fingerprint density at radius 2 is 2.45 bits per heavy atom. The molecule has 54 valence electrons. The van der Waals surface area contributed by atoms with Gasteiger partial charge in [0.2, 0.25) is 0 Å². The third-order valence-corrected chi connectivity index (χ3v) is 1.40. The van der Waals surface area contributed by atoms with Crippen LogP contribution in [0.1, 0.15) is 10.5 Å². The van der Waals surface area contributed by atoms with Crippen molar-refractivity contribution in [2.24, 2.45) is 0 Å². The second-order valence-electron chi connectivity index (χ2n) is 2.13. The van der Waals surface area contributed by atoms with E-state index in [1.54, 1.807) is 29.2 Å². The van der Waals surface area contributed by atoms with Gasteiger partial charge in [-0.05, 0) is 6.07 Å². The van der Waals surface area contributed by atoms with Crippen molar-refractivity contribution < 1.29 is 4.79 Å². The summed E-state index contributed by atoms with van der Waals surface area (Å²) in [4.78, 5) is 18.1. The molecule has 0 spiro atoms. The Labute approximate surface area is 62.5 Å². The van der Waals surface area contributed by atoms with E-state index in [2.05, 4.69) is 9.97 Å². The van der Waals surface area contributed by atoms with Crippen LogP contribution in [-0.2, 0) is 0 Å². The molecule has 2 heterocycles. The van der Waals surface area contributed by atoms with Gasteiger partial charge in [-0.2, -0.15) is 0 Å². The van der Waals surface area contributed by atoms with Crippen LogP contribution in [0.4, 0.5) is 0 Å². The lowest BCUT2D eigenvalue weighted by Crippen LogP contribution is -1.81. The first-order valence-electron chi connectivity index (χ1n) is 3.14. The van der Waals surface area contributed by atoms with E-state index < -0.39 is 0 Å². The molecule has 0 saturated carbocycles. The van der Waals surface area contributed by atoms with Crippen molar-refractivity contribution in [3.8, 4) is 0 Å². The normalized spacial score (nSPS) is 10.2. The van der Waals surface area contributed by atoms with Crippen molar-refractivity contribution in [2.45, 2.75) is 0 Å². The summed E-state index contributed by atoms with van der Waals surface area (Å²) >= 11 is 0. The summed E-state index contributed by atoms with van der Waals surface area (Å²) in [5.74, 6) is 0. The number of aldehydes is 1. The molecular formula is C7H5N3O. The Bertz CT molecular complexity index is 360. The third kappa shape index (κ3) is 0.881. The quantitative estimate of drug-likeness (QED) is 0.553. The van der Waals surface area contributed by atoms with Gasteiger partial charge in [-0.15, -0.1) is 0 Å². The molecule has 0 bridgehead atoms. The first kappa shape index (κ1) is 6.03. The number of hydrogen-bond acceptors (Lipinski definition) is 3. The Hall–Kier alpha value is -1.71. The van der Waals surface area contributed by atoms with Crippen LogP contribution in [0.5, 0.6) is 0 Å². The summed E-state index contributed by atoms with van der Waals surface area (Å²) in [7, 11) is 0. The van der Waals surface area contributed by atoms with Crippen LogP contribution in [0.2, 0.25) is 0 Å². The summed E-state index contributed by atoms with van der Waals surface area (Å²) in [6, 6.07) is 1.74. The highest BCUT2D eigenvalue weighted by Crippen LogP contribution is 1.99. The van der Waals surface area contributed by atoms with E-state index in [1.807, 2.05) is 0 Å². The molecule has 0 amide bonds. The molecule has 2 aromatic heterocycles. The molecule has 2 aromatic rings. The largest absolute Gasteiger partial charge is 0.296 e. The fourth-order valence-corrected chi connectivity index (χ4v) is 0.920. The number of rotatable bonds is 1. The Morgan fingerprint density at radius 3 is 3.18 bits per heavy atom. The van der Waals surface area contributed by atoms with Crippen molar-refractivity contribution in [1.82, 2.24) is 14.4 Å². The zero-order valence-electron chi connectivity index (χ0n) is 5.64. The van der Waals surface area contributed by atoms with E-state index in [4.69, 9.17) is 0 Å².